The molecule has 0 atom stereocenters. The van der Waals surface area contributed by atoms with Crippen LogP contribution in [0.5, 0.6) is 5.75 Å². The van der Waals surface area contributed by atoms with Gasteiger partial charge in [0.15, 0.2) is 5.76 Å². The number of aryl methyl sites for hydroxylation is 3. The number of hydrogen-bond acceptors (Lipinski definition) is 6. The fourth-order valence-electron chi connectivity index (χ4n) is 5.05. The van der Waals surface area contributed by atoms with Crippen LogP contribution >= 0.6 is 11.6 Å². The Hall–Kier alpha value is -4.04. The molecular weight excluding hydrogens is 506 g/mol. The molecule has 2 N–H and O–H groups in total. The number of nitrogens with zero attached hydrogens (tertiary/aromatic N) is 1. The number of fused-ring (bicyclic) bond motifs is 2. The van der Waals surface area contributed by atoms with Crippen LogP contribution in [0.1, 0.15) is 57.0 Å². The zero-order valence-corrected chi connectivity index (χ0v) is 22.4. The molecule has 0 aliphatic heterocycles. The van der Waals surface area contributed by atoms with Crippen molar-refractivity contribution >= 4 is 45.8 Å². The van der Waals surface area contributed by atoms with Crippen LogP contribution in [-0.2, 0) is 17.6 Å². The molecule has 0 spiro atoms. The SMILES string of the molecule is COc1ccc(Cl)cc1NC(=O)c1oc2c(c1C)/C(=N/NC(=O)Cc1coc3cc(C)cc(C)c13)CCC2. The molecule has 38 heavy (non-hydrogen) atoms. The summed E-state index contributed by atoms with van der Waals surface area (Å²) in [7, 11) is 1.52. The lowest BCUT2D eigenvalue weighted by atomic mass is 9.93. The van der Waals surface area contributed by atoms with Crippen LogP contribution in [0, 0.1) is 20.8 Å². The summed E-state index contributed by atoms with van der Waals surface area (Å²) in [6.45, 7) is 5.84. The highest BCUT2D eigenvalue weighted by Gasteiger charge is 2.28. The average Bonchev–Trinajstić information content (AvgIpc) is 3.44. The molecule has 2 aromatic heterocycles. The summed E-state index contributed by atoms with van der Waals surface area (Å²) in [6.07, 6.45) is 3.89. The summed E-state index contributed by atoms with van der Waals surface area (Å²) in [4.78, 5) is 25.9. The number of rotatable bonds is 6. The molecule has 0 radical (unpaired) electrons. The van der Waals surface area contributed by atoms with Crippen molar-refractivity contribution in [2.75, 3.05) is 12.4 Å². The third-order valence-corrected chi connectivity index (χ3v) is 6.94. The first-order valence-corrected chi connectivity index (χ1v) is 12.7. The number of methoxy groups -OCH3 is 1. The van der Waals surface area contributed by atoms with Crippen LogP contribution in [0.25, 0.3) is 11.0 Å². The predicted molar refractivity (Wildman–Crippen MR) is 146 cm³/mol. The third-order valence-electron chi connectivity index (χ3n) is 6.70. The van der Waals surface area contributed by atoms with E-state index in [0.717, 1.165) is 39.6 Å². The van der Waals surface area contributed by atoms with Gasteiger partial charge in [-0.25, -0.2) is 5.43 Å². The van der Waals surface area contributed by atoms with Crippen molar-refractivity contribution in [3.05, 3.63) is 81.0 Å². The van der Waals surface area contributed by atoms with Gasteiger partial charge in [-0.1, -0.05) is 17.7 Å². The van der Waals surface area contributed by atoms with Gasteiger partial charge in [-0.3, -0.25) is 9.59 Å². The summed E-state index contributed by atoms with van der Waals surface area (Å²) < 4.78 is 17.0. The van der Waals surface area contributed by atoms with Crippen molar-refractivity contribution < 1.29 is 23.2 Å². The largest absolute Gasteiger partial charge is 0.495 e. The number of carbonyl (C=O) groups excluding carboxylic acids is 2. The van der Waals surface area contributed by atoms with Gasteiger partial charge in [-0.2, -0.15) is 5.10 Å². The molecule has 1 aliphatic carbocycles. The zero-order valence-electron chi connectivity index (χ0n) is 21.7. The van der Waals surface area contributed by atoms with Crippen LogP contribution in [0.3, 0.4) is 0 Å². The summed E-state index contributed by atoms with van der Waals surface area (Å²) in [5, 5.41) is 8.68. The van der Waals surface area contributed by atoms with Gasteiger partial charge in [-0.15, -0.1) is 0 Å². The number of anilines is 1. The van der Waals surface area contributed by atoms with Crippen LogP contribution < -0.4 is 15.5 Å². The molecule has 8 nitrogen and oxygen atoms in total. The van der Waals surface area contributed by atoms with E-state index in [1.807, 2.05) is 26.8 Å². The molecule has 0 saturated carbocycles. The van der Waals surface area contributed by atoms with E-state index in [1.54, 1.807) is 24.5 Å². The second kappa shape index (κ2) is 10.4. The Balaban J connectivity index is 1.35. The molecule has 2 heterocycles. The lowest BCUT2D eigenvalue weighted by molar-refractivity contribution is -0.120. The van der Waals surface area contributed by atoms with Gasteiger partial charge in [0.25, 0.3) is 5.91 Å². The normalized spacial score (nSPS) is 14.0. The van der Waals surface area contributed by atoms with E-state index < -0.39 is 5.91 Å². The van der Waals surface area contributed by atoms with Crippen molar-refractivity contribution in [1.29, 1.82) is 0 Å². The topological polar surface area (TPSA) is 106 Å². The Morgan fingerprint density at radius 1 is 1.13 bits per heavy atom. The van der Waals surface area contributed by atoms with Crippen LogP contribution in [0.2, 0.25) is 5.02 Å². The first-order valence-electron chi connectivity index (χ1n) is 12.4. The van der Waals surface area contributed by atoms with E-state index in [0.29, 0.717) is 46.3 Å². The Kier molecular flexibility index (Phi) is 6.99. The summed E-state index contributed by atoms with van der Waals surface area (Å²) >= 11 is 6.10. The molecule has 0 saturated heterocycles. The van der Waals surface area contributed by atoms with Crippen LogP contribution in [0.15, 0.2) is 50.5 Å². The average molecular weight is 534 g/mol. The fraction of sp³-hybridized carbons (Fsp3) is 0.276. The number of ether oxygens (including phenoxy) is 1. The van der Waals surface area contributed by atoms with Gasteiger partial charge in [0, 0.05) is 33.5 Å². The Bertz CT molecular complexity index is 1600. The number of benzene rings is 2. The van der Waals surface area contributed by atoms with Gasteiger partial charge in [0.2, 0.25) is 5.91 Å². The monoisotopic (exact) mass is 533 g/mol. The maximum absolute atomic E-state index is 13.1. The highest BCUT2D eigenvalue weighted by atomic mass is 35.5. The van der Waals surface area contributed by atoms with Crippen molar-refractivity contribution in [2.24, 2.45) is 5.10 Å². The number of hydrogen-bond donors (Lipinski definition) is 2. The third kappa shape index (κ3) is 4.91. The summed E-state index contributed by atoms with van der Waals surface area (Å²) in [5.41, 5.74) is 9.00. The first-order chi connectivity index (χ1) is 18.2. The number of hydrazone groups is 1. The molecule has 1 aliphatic rings. The highest BCUT2D eigenvalue weighted by molar-refractivity contribution is 6.31. The predicted octanol–water partition coefficient (Wildman–Crippen LogP) is 6.26. The van der Waals surface area contributed by atoms with Gasteiger partial charge in [-0.05, 0) is 69.0 Å². The van der Waals surface area contributed by atoms with Crippen molar-refractivity contribution in [2.45, 2.75) is 46.5 Å². The number of amides is 2. The van der Waals surface area contributed by atoms with E-state index >= 15 is 0 Å². The van der Waals surface area contributed by atoms with Gasteiger partial charge < -0.3 is 18.9 Å². The smallest absolute Gasteiger partial charge is 0.291 e. The number of halogens is 1. The van der Waals surface area contributed by atoms with Crippen molar-refractivity contribution in [3.63, 3.8) is 0 Å². The zero-order chi connectivity index (χ0) is 27.0. The van der Waals surface area contributed by atoms with E-state index in [2.05, 4.69) is 21.9 Å². The second-order valence-corrected chi connectivity index (χ2v) is 9.93. The fourth-order valence-corrected chi connectivity index (χ4v) is 5.22. The van der Waals surface area contributed by atoms with E-state index in [1.165, 1.54) is 7.11 Å². The molecule has 4 aromatic rings. The van der Waals surface area contributed by atoms with E-state index in [9.17, 15) is 9.59 Å². The minimum Gasteiger partial charge on any atom is -0.495 e. The highest BCUT2D eigenvalue weighted by Crippen LogP contribution is 2.32. The number of furan rings is 2. The molecule has 9 heteroatoms. The lowest BCUT2D eigenvalue weighted by Gasteiger charge is -2.13. The van der Waals surface area contributed by atoms with Crippen LogP contribution in [-0.4, -0.2) is 24.6 Å². The van der Waals surface area contributed by atoms with Gasteiger partial charge >= 0.3 is 0 Å². The van der Waals surface area contributed by atoms with Crippen LogP contribution in [0.4, 0.5) is 5.69 Å². The minimum absolute atomic E-state index is 0.139. The Morgan fingerprint density at radius 3 is 2.74 bits per heavy atom. The van der Waals surface area contributed by atoms with Gasteiger partial charge in [0.05, 0.1) is 31.2 Å². The number of carbonyl (C=O) groups is 2. The van der Waals surface area contributed by atoms with E-state index in [-0.39, 0.29) is 18.1 Å². The van der Waals surface area contributed by atoms with Gasteiger partial charge in [0.1, 0.15) is 17.1 Å². The number of nitrogens with one attached hydrogen (secondary N) is 2. The Morgan fingerprint density at radius 2 is 1.95 bits per heavy atom. The molecule has 2 aromatic carbocycles. The maximum atomic E-state index is 13.1. The summed E-state index contributed by atoms with van der Waals surface area (Å²) in [6, 6.07) is 9.01. The van der Waals surface area contributed by atoms with Crippen molar-refractivity contribution in [1.82, 2.24) is 5.43 Å². The molecule has 0 fully saturated rings. The molecule has 0 bridgehead atoms. The minimum atomic E-state index is -0.418. The first kappa shape index (κ1) is 25.6. The molecular formula is C29H28ClN3O5. The molecule has 2 amide bonds. The molecule has 196 valence electrons. The molecule has 5 rings (SSSR count). The van der Waals surface area contributed by atoms with E-state index in [4.69, 9.17) is 25.2 Å². The summed E-state index contributed by atoms with van der Waals surface area (Å²) in [5.74, 6) is 0.681. The lowest BCUT2D eigenvalue weighted by Crippen LogP contribution is -2.23. The standard InChI is InChI=1S/C29H28ClN3O5/c1-15-10-16(2)26-18(14-37-24(26)11-15)12-25(34)33-32-20-6-5-7-23-27(20)17(3)28(38-23)29(35)31-21-13-19(30)8-9-22(21)36-4/h8-11,13-14H,5-7,12H2,1-4H3,(H,31,35)(H,33,34)/b32-20+. The van der Waals surface area contributed by atoms with Crippen molar-refractivity contribution in [3.8, 4) is 5.75 Å². The molecule has 0 unspecified atom stereocenters. The second-order valence-electron chi connectivity index (χ2n) is 9.49. The quantitative estimate of drug-likeness (QED) is 0.284. The maximum Gasteiger partial charge on any atom is 0.291 e. The Labute approximate surface area is 225 Å².